The molecule has 2 amide bonds. The molecule has 2 N–H and O–H groups in total. The van der Waals surface area contributed by atoms with Crippen molar-refractivity contribution >= 4 is 17.6 Å². The molecule has 3 rings (SSSR count). The molecule has 7 nitrogen and oxygen atoms in total. The van der Waals surface area contributed by atoms with Crippen LogP contribution in [0.25, 0.3) is 0 Å². The summed E-state index contributed by atoms with van der Waals surface area (Å²) in [6.45, 7) is -0.354. The van der Waals surface area contributed by atoms with Crippen molar-refractivity contribution in [2.24, 2.45) is 0 Å². The number of nitriles is 1. The average Bonchev–Trinajstić information content (AvgIpc) is 2.79. The van der Waals surface area contributed by atoms with E-state index in [0.29, 0.717) is 11.1 Å². The number of hydrogen-bond donors (Lipinski definition) is 2. The maximum atomic E-state index is 12.4. The minimum Gasteiger partial charge on any atom is -0.482 e. The molecular formula is C23H23N3O4. The topological polar surface area (TPSA) is 108 Å². The first-order valence-corrected chi connectivity index (χ1v) is 9.91. The lowest BCUT2D eigenvalue weighted by molar-refractivity contribution is -0.130. The molecule has 0 heterocycles. The van der Waals surface area contributed by atoms with Gasteiger partial charge < -0.3 is 4.74 Å². The Bertz CT molecular complexity index is 994. The standard InChI is InChI=1S/C23H23N3O4/c24-14-19-7-3-4-8-21(19)30-15-23(29)26-25-22(28)12-11-20(27)18-10-9-16-5-1-2-6-17(16)13-18/h3-4,7-10,13H,1-2,5-6,11-12,15H2,(H,25,28)(H,26,29). The fourth-order valence-corrected chi connectivity index (χ4v) is 3.34. The molecule has 0 aliphatic heterocycles. The number of hydrogen-bond acceptors (Lipinski definition) is 5. The second-order valence-corrected chi connectivity index (χ2v) is 7.11. The molecule has 0 unspecified atom stereocenters. The Morgan fingerprint density at radius 3 is 2.47 bits per heavy atom. The summed E-state index contributed by atoms with van der Waals surface area (Å²) in [5, 5.41) is 8.99. The Kier molecular flexibility index (Phi) is 7.17. The number of carbonyl (C=O) groups is 3. The highest BCUT2D eigenvalue weighted by Crippen LogP contribution is 2.23. The Morgan fingerprint density at radius 2 is 1.67 bits per heavy atom. The Balaban J connectivity index is 1.40. The quantitative estimate of drug-likeness (QED) is 0.544. The Labute approximate surface area is 175 Å². The lowest BCUT2D eigenvalue weighted by Gasteiger charge is -2.16. The van der Waals surface area contributed by atoms with Crippen molar-refractivity contribution in [2.45, 2.75) is 38.5 Å². The largest absolute Gasteiger partial charge is 0.482 e. The van der Waals surface area contributed by atoms with Crippen LogP contribution in [0.5, 0.6) is 5.75 Å². The van der Waals surface area contributed by atoms with Crippen LogP contribution in [-0.4, -0.2) is 24.2 Å². The van der Waals surface area contributed by atoms with E-state index in [1.165, 1.54) is 17.5 Å². The lowest BCUT2D eigenvalue weighted by atomic mass is 9.89. The number of nitrogens with one attached hydrogen (secondary N) is 2. The SMILES string of the molecule is N#Cc1ccccc1OCC(=O)NNC(=O)CCC(=O)c1ccc2c(c1)CCCC2. The Morgan fingerprint density at radius 1 is 0.933 bits per heavy atom. The first kappa shape index (κ1) is 21.1. The van der Waals surface area contributed by atoms with Crippen LogP contribution in [0.1, 0.15) is 52.7 Å². The summed E-state index contributed by atoms with van der Waals surface area (Å²) in [4.78, 5) is 36.1. The first-order chi connectivity index (χ1) is 14.6. The predicted molar refractivity (Wildman–Crippen MR) is 110 cm³/mol. The highest BCUT2D eigenvalue weighted by molar-refractivity contribution is 5.98. The fraction of sp³-hybridized carbons (Fsp3) is 0.304. The van der Waals surface area contributed by atoms with E-state index >= 15 is 0 Å². The van der Waals surface area contributed by atoms with E-state index in [-0.39, 0.29) is 31.0 Å². The van der Waals surface area contributed by atoms with Crippen molar-refractivity contribution in [1.29, 1.82) is 5.26 Å². The number of carbonyl (C=O) groups excluding carboxylic acids is 3. The van der Waals surface area contributed by atoms with Crippen LogP contribution in [-0.2, 0) is 22.4 Å². The van der Waals surface area contributed by atoms with E-state index in [4.69, 9.17) is 10.00 Å². The maximum Gasteiger partial charge on any atom is 0.276 e. The molecule has 154 valence electrons. The molecular weight excluding hydrogens is 382 g/mol. The number of ether oxygens (including phenoxy) is 1. The summed E-state index contributed by atoms with van der Waals surface area (Å²) in [7, 11) is 0. The van der Waals surface area contributed by atoms with Gasteiger partial charge in [0.2, 0.25) is 5.91 Å². The molecule has 0 atom stereocenters. The third-order valence-electron chi connectivity index (χ3n) is 4.96. The number of hydrazine groups is 1. The van der Waals surface area contributed by atoms with Gasteiger partial charge in [-0.25, -0.2) is 0 Å². The molecule has 1 aliphatic rings. The van der Waals surface area contributed by atoms with Gasteiger partial charge in [-0.15, -0.1) is 0 Å². The van der Waals surface area contributed by atoms with Crippen LogP contribution in [0, 0.1) is 11.3 Å². The van der Waals surface area contributed by atoms with Crippen LogP contribution >= 0.6 is 0 Å². The molecule has 7 heteroatoms. The van der Waals surface area contributed by atoms with E-state index in [1.54, 1.807) is 24.3 Å². The number of benzene rings is 2. The number of nitrogens with zero attached hydrogens (tertiary/aromatic N) is 1. The third-order valence-corrected chi connectivity index (χ3v) is 4.96. The number of fused-ring (bicyclic) bond motifs is 1. The summed E-state index contributed by atoms with van der Waals surface area (Å²) < 4.78 is 5.28. The van der Waals surface area contributed by atoms with E-state index in [0.717, 1.165) is 19.3 Å². The number of ketones is 1. The van der Waals surface area contributed by atoms with Gasteiger partial charge in [0, 0.05) is 18.4 Å². The van der Waals surface area contributed by atoms with E-state index < -0.39 is 11.8 Å². The molecule has 0 bridgehead atoms. The van der Waals surface area contributed by atoms with Crippen LogP contribution in [0.15, 0.2) is 42.5 Å². The van der Waals surface area contributed by atoms with Crippen LogP contribution in [0.2, 0.25) is 0 Å². The smallest absolute Gasteiger partial charge is 0.276 e. The summed E-state index contributed by atoms with van der Waals surface area (Å²) >= 11 is 0. The summed E-state index contributed by atoms with van der Waals surface area (Å²) in [6, 6.07) is 14.3. The molecule has 2 aromatic rings. The van der Waals surface area contributed by atoms with Crippen molar-refractivity contribution in [1.82, 2.24) is 10.9 Å². The predicted octanol–water partition coefficient (Wildman–Crippen LogP) is 2.63. The normalized spacial score (nSPS) is 12.2. The average molecular weight is 405 g/mol. The molecule has 30 heavy (non-hydrogen) atoms. The van der Waals surface area contributed by atoms with Crippen LogP contribution in [0.4, 0.5) is 0 Å². The zero-order chi connectivity index (χ0) is 21.3. The van der Waals surface area contributed by atoms with Gasteiger partial charge in [-0.1, -0.05) is 24.3 Å². The fourth-order valence-electron chi connectivity index (χ4n) is 3.34. The van der Waals surface area contributed by atoms with E-state index in [1.807, 2.05) is 24.3 Å². The van der Waals surface area contributed by atoms with E-state index in [9.17, 15) is 14.4 Å². The van der Waals surface area contributed by atoms with Gasteiger partial charge in [0.1, 0.15) is 11.8 Å². The molecule has 0 aromatic heterocycles. The molecule has 1 aliphatic carbocycles. The highest BCUT2D eigenvalue weighted by Gasteiger charge is 2.14. The molecule has 0 saturated carbocycles. The monoisotopic (exact) mass is 405 g/mol. The van der Waals surface area contributed by atoms with Crippen molar-refractivity contribution in [3.8, 4) is 11.8 Å². The molecule has 0 spiro atoms. The van der Waals surface area contributed by atoms with Crippen LogP contribution < -0.4 is 15.6 Å². The first-order valence-electron chi connectivity index (χ1n) is 9.91. The summed E-state index contributed by atoms with van der Waals surface area (Å²) in [5.74, 6) is -0.845. The van der Waals surface area contributed by atoms with Crippen molar-refractivity contribution in [3.05, 3.63) is 64.7 Å². The number of rotatable bonds is 7. The van der Waals surface area contributed by atoms with Gasteiger partial charge >= 0.3 is 0 Å². The second-order valence-electron chi connectivity index (χ2n) is 7.11. The zero-order valence-corrected chi connectivity index (χ0v) is 16.6. The number of amides is 2. The van der Waals surface area contributed by atoms with Gasteiger partial charge in [0.05, 0.1) is 5.56 Å². The summed E-state index contributed by atoms with van der Waals surface area (Å²) in [6.07, 6.45) is 4.39. The van der Waals surface area contributed by atoms with Gasteiger partial charge in [-0.2, -0.15) is 5.26 Å². The summed E-state index contributed by atoms with van der Waals surface area (Å²) in [5.41, 5.74) is 7.97. The second kappa shape index (κ2) is 10.2. The third kappa shape index (κ3) is 5.67. The van der Waals surface area contributed by atoms with Gasteiger partial charge in [-0.05, 0) is 55.0 Å². The molecule has 0 saturated heterocycles. The molecule has 2 aromatic carbocycles. The Hall–Kier alpha value is -3.66. The minimum absolute atomic E-state index is 0.0334. The van der Waals surface area contributed by atoms with E-state index in [2.05, 4.69) is 10.9 Å². The van der Waals surface area contributed by atoms with Gasteiger partial charge in [-0.3, -0.25) is 25.2 Å². The van der Waals surface area contributed by atoms with Crippen LogP contribution in [0.3, 0.4) is 0 Å². The molecule has 0 radical (unpaired) electrons. The van der Waals surface area contributed by atoms with Crippen molar-refractivity contribution < 1.29 is 19.1 Å². The number of para-hydroxylation sites is 1. The van der Waals surface area contributed by atoms with Gasteiger partial charge in [0.15, 0.2) is 12.4 Å². The maximum absolute atomic E-state index is 12.4. The van der Waals surface area contributed by atoms with Gasteiger partial charge in [0.25, 0.3) is 5.91 Å². The number of Topliss-reactive ketones (excluding diaryl/α,β-unsaturated/α-hetero) is 1. The van der Waals surface area contributed by atoms with Crippen molar-refractivity contribution in [2.75, 3.05) is 6.61 Å². The lowest BCUT2D eigenvalue weighted by Crippen LogP contribution is -2.43. The highest BCUT2D eigenvalue weighted by atomic mass is 16.5. The number of aryl methyl sites for hydroxylation is 2. The molecule has 0 fully saturated rings. The van der Waals surface area contributed by atoms with Crippen molar-refractivity contribution in [3.63, 3.8) is 0 Å². The minimum atomic E-state index is -0.572. The zero-order valence-electron chi connectivity index (χ0n) is 16.6.